The summed E-state index contributed by atoms with van der Waals surface area (Å²) in [4.78, 5) is 19.7. The number of hydrogen-bond acceptors (Lipinski definition) is 6. The van der Waals surface area contributed by atoms with Gasteiger partial charge in [0.2, 0.25) is 0 Å². The van der Waals surface area contributed by atoms with Crippen LogP contribution in [-0.4, -0.2) is 41.8 Å². The highest BCUT2D eigenvalue weighted by molar-refractivity contribution is 6.35. The molecule has 0 saturated heterocycles. The zero-order chi connectivity index (χ0) is 28.5. The van der Waals surface area contributed by atoms with E-state index in [2.05, 4.69) is 20.0 Å². The van der Waals surface area contributed by atoms with Gasteiger partial charge in [-0.3, -0.25) is 4.79 Å². The van der Waals surface area contributed by atoms with Crippen LogP contribution in [0.1, 0.15) is 24.0 Å². The number of halogens is 10. The molecule has 2 aromatic carbocycles. The first-order valence-electron chi connectivity index (χ1n) is 10.2. The summed E-state index contributed by atoms with van der Waals surface area (Å²) in [5.74, 6) is 0. The lowest BCUT2D eigenvalue weighted by atomic mass is 9.88. The number of rotatable bonds is 4. The van der Waals surface area contributed by atoms with Gasteiger partial charge >= 0.3 is 12.4 Å². The van der Waals surface area contributed by atoms with Crippen LogP contribution in [0, 0.1) is 0 Å². The minimum atomic E-state index is -4.77. The summed E-state index contributed by atoms with van der Waals surface area (Å²) in [6.45, 7) is -0.605. The Morgan fingerprint density at radius 1 is 0.763 bits per heavy atom. The van der Waals surface area contributed by atoms with E-state index in [-0.39, 0.29) is 48.9 Å². The van der Waals surface area contributed by atoms with Crippen molar-refractivity contribution in [2.24, 2.45) is 10.3 Å². The summed E-state index contributed by atoms with van der Waals surface area (Å²) in [5.41, 5.74) is -6.33. The number of oxime groups is 2. The zero-order valence-corrected chi connectivity index (χ0v) is 21.5. The maximum Gasteiger partial charge on any atom is 0.435 e. The van der Waals surface area contributed by atoms with Crippen molar-refractivity contribution in [3.63, 3.8) is 0 Å². The predicted octanol–water partition coefficient (Wildman–Crippen LogP) is 7.25. The number of aldehydes is 1. The summed E-state index contributed by atoms with van der Waals surface area (Å²) < 4.78 is 79.7. The van der Waals surface area contributed by atoms with Crippen molar-refractivity contribution in [2.75, 3.05) is 6.61 Å². The molecule has 4 rings (SSSR count). The highest BCUT2D eigenvalue weighted by Gasteiger charge is 2.63. The summed E-state index contributed by atoms with van der Waals surface area (Å²) in [6, 6.07) is 7.04. The van der Waals surface area contributed by atoms with Crippen LogP contribution in [0.15, 0.2) is 46.7 Å². The number of benzene rings is 2. The zero-order valence-electron chi connectivity index (χ0n) is 18.5. The SMILES string of the molecule is O=CC1=NOC(c2cc(Cl)cc(Cl)c2)(C(F)(F)F)C1.OCC1=NOC(c2cc(Cl)cc(Cl)c2)(C(F)(F)F)C1. The van der Waals surface area contributed by atoms with Gasteiger partial charge in [0.15, 0.2) is 6.29 Å². The van der Waals surface area contributed by atoms with Crippen molar-refractivity contribution in [3.05, 3.63) is 67.6 Å². The lowest BCUT2D eigenvalue weighted by Crippen LogP contribution is -2.42. The van der Waals surface area contributed by atoms with Crippen LogP contribution < -0.4 is 0 Å². The molecule has 0 saturated carbocycles. The molecule has 6 nitrogen and oxygen atoms in total. The number of aliphatic hydroxyl groups is 1. The van der Waals surface area contributed by atoms with E-state index in [1.807, 2.05) is 0 Å². The average Bonchev–Trinajstić information content (AvgIpc) is 3.44. The second kappa shape index (κ2) is 11.1. The number of aliphatic hydroxyl groups excluding tert-OH is 1. The lowest BCUT2D eigenvalue weighted by molar-refractivity contribution is -0.276. The third kappa shape index (κ3) is 5.99. The standard InChI is InChI=1S/C11H8Cl2F3NO2.C11H6Cl2F3NO2/c2*12-7-1-6(2-8(13)3-7)10(11(14,15)16)4-9(5-18)17-19-10/h1-3,18H,4-5H2;1-3,5H,4H2. The van der Waals surface area contributed by atoms with E-state index in [1.165, 1.54) is 12.1 Å². The van der Waals surface area contributed by atoms with Crippen LogP contribution >= 0.6 is 46.4 Å². The Morgan fingerprint density at radius 2 is 1.16 bits per heavy atom. The number of nitrogens with zero attached hydrogens (tertiary/aromatic N) is 2. The maximum atomic E-state index is 13.3. The highest BCUT2D eigenvalue weighted by Crippen LogP contribution is 2.50. The molecule has 2 aliphatic rings. The molecule has 1 N–H and O–H groups in total. The third-order valence-corrected chi connectivity index (χ3v) is 6.30. The summed E-state index contributed by atoms with van der Waals surface area (Å²) in [5, 5.41) is 15.5. The van der Waals surface area contributed by atoms with Gasteiger partial charge in [0, 0.05) is 37.6 Å². The summed E-state index contributed by atoms with van der Waals surface area (Å²) >= 11 is 22.8. The molecule has 0 spiro atoms. The molecule has 0 fully saturated rings. The number of carbonyl (C=O) groups excluding carboxylic acids is 1. The molecule has 2 heterocycles. The molecule has 0 aromatic heterocycles. The van der Waals surface area contributed by atoms with Crippen LogP contribution in [0.5, 0.6) is 0 Å². The van der Waals surface area contributed by atoms with Crippen LogP contribution in [0.25, 0.3) is 0 Å². The van der Waals surface area contributed by atoms with Gasteiger partial charge in [-0.1, -0.05) is 56.7 Å². The van der Waals surface area contributed by atoms with Gasteiger partial charge in [-0.2, -0.15) is 26.3 Å². The summed E-state index contributed by atoms with van der Waals surface area (Å²) in [7, 11) is 0. The molecule has 0 aliphatic carbocycles. The Balaban J connectivity index is 0.000000211. The molecule has 206 valence electrons. The third-order valence-electron chi connectivity index (χ3n) is 5.42. The molecule has 38 heavy (non-hydrogen) atoms. The van der Waals surface area contributed by atoms with Crippen molar-refractivity contribution >= 4 is 64.1 Å². The normalized spacial score (nSPS) is 23.0. The molecule has 0 bridgehead atoms. The molecular formula is C22H14Cl4F6N2O4. The van der Waals surface area contributed by atoms with Crippen molar-refractivity contribution < 1.29 is 45.9 Å². The van der Waals surface area contributed by atoms with Crippen molar-refractivity contribution in [1.82, 2.24) is 0 Å². The Labute approximate surface area is 230 Å². The minimum Gasteiger partial charge on any atom is -0.390 e. The lowest BCUT2D eigenvalue weighted by Gasteiger charge is -2.29. The molecule has 2 aromatic rings. The quantitative estimate of drug-likeness (QED) is 0.287. The predicted molar refractivity (Wildman–Crippen MR) is 128 cm³/mol. The minimum absolute atomic E-state index is 0.0364. The number of alkyl halides is 6. The maximum absolute atomic E-state index is 13.3. The Hall–Kier alpha value is -2.25. The molecule has 0 radical (unpaired) electrons. The van der Waals surface area contributed by atoms with E-state index >= 15 is 0 Å². The van der Waals surface area contributed by atoms with Gasteiger partial charge in [-0.05, 0) is 36.4 Å². The first kappa shape index (κ1) is 30.3. The van der Waals surface area contributed by atoms with Gasteiger partial charge < -0.3 is 14.8 Å². The second-order valence-corrected chi connectivity index (χ2v) is 9.76. The molecule has 2 atom stereocenters. The van der Waals surface area contributed by atoms with E-state index in [0.29, 0.717) is 0 Å². The Morgan fingerprint density at radius 3 is 1.47 bits per heavy atom. The first-order chi connectivity index (χ1) is 17.6. The van der Waals surface area contributed by atoms with E-state index in [1.54, 1.807) is 0 Å². The molecule has 2 unspecified atom stereocenters. The van der Waals surface area contributed by atoms with E-state index in [9.17, 15) is 31.1 Å². The highest BCUT2D eigenvalue weighted by atomic mass is 35.5. The topological polar surface area (TPSA) is 80.5 Å². The van der Waals surface area contributed by atoms with Crippen LogP contribution in [0.4, 0.5) is 26.3 Å². The summed E-state index contributed by atoms with van der Waals surface area (Å²) in [6.07, 6.45) is -10.6. The van der Waals surface area contributed by atoms with Gasteiger partial charge in [-0.15, -0.1) is 0 Å². The van der Waals surface area contributed by atoms with Gasteiger partial charge in [0.25, 0.3) is 11.2 Å². The smallest absolute Gasteiger partial charge is 0.390 e. The van der Waals surface area contributed by atoms with Crippen molar-refractivity contribution in [3.8, 4) is 0 Å². The average molecular weight is 626 g/mol. The van der Waals surface area contributed by atoms with E-state index < -0.39 is 43.0 Å². The number of hydrogen-bond donors (Lipinski definition) is 1. The van der Waals surface area contributed by atoms with Crippen LogP contribution in [-0.2, 0) is 25.7 Å². The fourth-order valence-electron chi connectivity index (χ4n) is 3.61. The van der Waals surface area contributed by atoms with Crippen LogP contribution in [0.2, 0.25) is 20.1 Å². The van der Waals surface area contributed by atoms with E-state index in [4.69, 9.17) is 51.5 Å². The van der Waals surface area contributed by atoms with Crippen molar-refractivity contribution in [2.45, 2.75) is 36.4 Å². The Kier molecular flexibility index (Phi) is 8.84. The molecule has 2 aliphatic heterocycles. The largest absolute Gasteiger partial charge is 0.435 e. The fourth-order valence-corrected chi connectivity index (χ4v) is 4.67. The fraction of sp³-hybridized carbons (Fsp3) is 0.318. The van der Waals surface area contributed by atoms with Crippen molar-refractivity contribution in [1.29, 1.82) is 0 Å². The molecule has 16 heteroatoms. The van der Waals surface area contributed by atoms with Crippen LogP contribution in [0.3, 0.4) is 0 Å². The first-order valence-corrected chi connectivity index (χ1v) is 11.7. The monoisotopic (exact) mass is 624 g/mol. The second-order valence-electron chi connectivity index (χ2n) is 8.02. The van der Waals surface area contributed by atoms with Gasteiger partial charge in [-0.25, -0.2) is 0 Å². The van der Waals surface area contributed by atoms with Gasteiger partial charge in [0.1, 0.15) is 5.71 Å². The van der Waals surface area contributed by atoms with E-state index in [0.717, 1.165) is 24.3 Å². The van der Waals surface area contributed by atoms with Gasteiger partial charge in [0.05, 0.1) is 18.7 Å². The Bertz CT molecular complexity index is 1250. The molecule has 0 amide bonds. The molecular weight excluding hydrogens is 612 g/mol. The number of carbonyl (C=O) groups is 1.